The number of benzene rings is 2. The number of halogens is 3. The van der Waals surface area contributed by atoms with Gasteiger partial charge < -0.3 is 10.3 Å². The van der Waals surface area contributed by atoms with Crippen LogP contribution in [0.3, 0.4) is 0 Å². The van der Waals surface area contributed by atoms with E-state index < -0.39 is 0 Å². The van der Waals surface area contributed by atoms with E-state index >= 15 is 0 Å². The molecule has 3 rings (SSSR count). The number of nitrogens with two attached hydrogens (primary N) is 1. The van der Waals surface area contributed by atoms with Crippen LogP contribution in [0.4, 0.5) is 10.3 Å². The molecule has 1 heterocycles. The summed E-state index contributed by atoms with van der Waals surface area (Å²) in [6.07, 6.45) is 0. The topological polar surface area (TPSA) is 52.0 Å². The van der Waals surface area contributed by atoms with Crippen molar-refractivity contribution >= 4 is 33.4 Å². The highest BCUT2D eigenvalue weighted by Gasteiger charge is 2.18. The number of hydrogen-bond donors (Lipinski definition) is 1. The van der Waals surface area contributed by atoms with E-state index in [9.17, 15) is 4.39 Å². The molecule has 6 heteroatoms. The Balaban J connectivity index is 2.19. The molecule has 1 aromatic heterocycles. The Morgan fingerprint density at radius 3 is 2.67 bits per heavy atom. The van der Waals surface area contributed by atoms with Crippen molar-refractivity contribution in [1.82, 2.24) is 5.16 Å². The van der Waals surface area contributed by atoms with Gasteiger partial charge in [0.25, 0.3) is 0 Å². The lowest BCUT2D eigenvalue weighted by Crippen LogP contribution is -1.88. The van der Waals surface area contributed by atoms with E-state index in [4.69, 9.17) is 21.9 Å². The molecule has 106 valence electrons. The van der Waals surface area contributed by atoms with E-state index in [1.54, 1.807) is 24.3 Å². The minimum absolute atomic E-state index is 0.134. The van der Waals surface area contributed by atoms with Crippen LogP contribution in [0.2, 0.25) is 5.02 Å². The van der Waals surface area contributed by atoms with Crippen molar-refractivity contribution in [2.45, 2.75) is 0 Å². The van der Waals surface area contributed by atoms with Crippen LogP contribution in [0.1, 0.15) is 0 Å². The van der Waals surface area contributed by atoms with Gasteiger partial charge in [0, 0.05) is 10.0 Å². The highest BCUT2D eigenvalue weighted by atomic mass is 79.9. The number of anilines is 1. The van der Waals surface area contributed by atoms with Gasteiger partial charge in [0.1, 0.15) is 11.5 Å². The van der Waals surface area contributed by atoms with Crippen LogP contribution in [-0.4, -0.2) is 5.16 Å². The summed E-state index contributed by atoms with van der Waals surface area (Å²) in [5.74, 6) is -0.220. The molecule has 2 aromatic carbocycles. The van der Waals surface area contributed by atoms with Crippen molar-refractivity contribution in [3.63, 3.8) is 0 Å². The summed E-state index contributed by atoms with van der Waals surface area (Å²) in [6.45, 7) is 0. The lowest BCUT2D eigenvalue weighted by molar-refractivity contribution is 0.439. The smallest absolute Gasteiger partial charge is 0.230 e. The van der Waals surface area contributed by atoms with E-state index in [0.717, 1.165) is 10.0 Å². The van der Waals surface area contributed by atoms with Gasteiger partial charge in [0.2, 0.25) is 5.88 Å². The molecule has 0 aliphatic heterocycles. The standard InChI is InChI=1S/C15H9BrClFN2O/c16-11-5-4-9(7-12(11)17)14-13(15(19)21-20-14)8-2-1-3-10(18)6-8/h1-7H,19H2. The third kappa shape index (κ3) is 2.66. The second kappa shape index (κ2) is 5.50. The van der Waals surface area contributed by atoms with Crippen LogP contribution < -0.4 is 5.73 Å². The number of rotatable bonds is 2. The van der Waals surface area contributed by atoms with E-state index in [1.165, 1.54) is 12.1 Å². The molecule has 0 aliphatic rings. The van der Waals surface area contributed by atoms with Crippen LogP contribution in [0.15, 0.2) is 51.5 Å². The first-order valence-electron chi connectivity index (χ1n) is 6.03. The van der Waals surface area contributed by atoms with Gasteiger partial charge >= 0.3 is 0 Å². The van der Waals surface area contributed by atoms with Crippen molar-refractivity contribution in [3.8, 4) is 22.4 Å². The minimum atomic E-state index is -0.354. The highest BCUT2D eigenvalue weighted by Crippen LogP contribution is 2.38. The lowest BCUT2D eigenvalue weighted by Gasteiger charge is -2.04. The first-order chi connectivity index (χ1) is 10.1. The zero-order valence-corrected chi connectivity index (χ0v) is 13.0. The molecule has 3 nitrogen and oxygen atoms in total. The Kier molecular flexibility index (Phi) is 3.69. The van der Waals surface area contributed by atoms with Crippen LogP contribution in [0.5, 0.6) is 0 Å². The predicted molar refractivity (Wildman–Crippen MR) is 84.5 cm³/mol. The Labute approximate surface area is 133 Å². The number of nitrogens with zero attached hydrogens (tertiary/aromatic N) is 1. The summed E-state index contributed by atoms with van der Waals surface area (Å²) in [7, 11) is 0. The second-order valence-electron chi connectivity index (χ2n) is 4.41. The van der Waals surface area contributed by atoms with Gasteiger partial charge in [-0.2, -0.15) is 0 Å². The number of nitrogen functional groups attached to an aromatic ring is 1. The fourth-order valence-corrected chi connectivity index (χ4v) is 2.49. The minimum Gasteiger partial charge on any atom is -0.367 e. The van der Waals surface area contributed by atoms with Crippen molar-refractivity contribution in [3.05, 3.63) is 57.8 Å². The molecular weight excluding hydrogens is 359 g/mol. The average Bonchev–Trinajstić information content (AvgIpc) is 2.84. The average molecular weight is 368 g/mol. The summed E-state index contributed by atoms with van der Waals surface area (Å²) >= 11 is 9.43. The zero-order chi connectivity index (χ0) is 15.0. The Bertz CT molecular complexity index is 819. The van der Waals surface area contributed by atoms with Gasteiger partial charge in [-0.05, 0) is 45.8 Å². The SMILES string of the molecule is Nc1onc(-c2ccc(Br)c(Cl)c2)c1-c1cccc(F)c1. The van der Waals surface area contributed by atoms with Crippen molar-refractivity contribution in [2.75, 3.05) is 5.73 Å². The van der Waals surface area contributed by atoms with Gasteiger partial charge in [-0.25, -0.2) is 4.39 Å². The summed E-state index contributed by atoms with van der Waals surface area (Å²) in [4.78, 5) is 0. The van der Waals surface area contributed by atoms with Gasteiger partial charge in [0.15, 0.2) is 0 Å². The fourth-order valence-electron chi connectivity index (χ4n) is 2.07. The predicted octanol–water partition coefficient (Wildman–Crippen LogP) is 5.15. The number of aromatic nitrogens is 1. The Morgan fingerprint density at radius 1 is 1.14 bits per heavy atom. The molecule has 0 amide bonds. The van der Waals surface area contributed by atoms with E-state index in [0.29, 0.717) is 21.8 Å². The van der Waals surface area contributed by atoms with Crippen molar-refractivity contribution in [1.29, 1.82) is 0 Å². The molecule has 0 saturated heterocycles. The number of hydrogen-bond acceptors (Lipinski definition) is 3. The van der Waals surface area contributed by atoms with Crippen LogP contribution in [0.25, 0.3) is 22.4 Å². The maximum absolute atomic E-state index is 13.4. The summed E-state index contributed by atoms with van der Waals surface area (Å²) < 4.78 is 19.3. The third-order valence-corrected chi connectivity index (χ3v) is 4.26. The molecule has 0 aliphatic carbocycles. The molecule has 0 saturated carbocycles. The van der Waals surface area contributed by atoms with Crippen molar-refractivity contribution < 1.29 is 8.91 Å². The first-order valence-corrected chi connectivity index (χ1v) is 7.20. The molecule has 0 spiro atoms. The van der Waals surface area contributed by atoms with Crippen LogP contribution in [0, 0.1) is 5.82 Å². The molecule has 0 fully saturated rings. The zero-order valence-electron chi connectivity index (χ0n) is 10.6. The molecule has 0 unspecified atom stereocenters. The maximum atomic E-state index is 13.4. The van der Waals surface area contributed by atoms with Gasteiger partial charge in [-0.1, -0.05) is 35.0 Å². The van der Waals surface area contributed by atoms with Gasteiger partial charge in [0.05, 0.1) is 10.6 Å². The molecule has 3 aromatic rings. The van der Waals surface area contributed by atoms with Crippen LogP contribution >= 0.6 is 27.5 Å². The molecular formula is C15H9BrClFN2O. The largest absolute Gasteiger partial charge is 0.367 e. The van der Waals surface area contributed by atoms with E-state index in [1.807, 2.05) is 6.07 Å². The summed E-state index contributed by atoms with van der Waals surface area (Å²) in [6, 6.07) is 11.5. The van der Waals surface area contributed by atoms with Gasteiger partial charge in [-0.15, -0.1) is 0 Å². The quantitative estimate of drug-likeness (QED) is 0.682. The molecule has 0 bridgehead atoms. The third-order valence-electron chi connectivity index (χ3n) is 3.02. The summed E-state index contributed by atoms with van der Waals surface area (Å²) in [5, 5.41) is 4.51. The first kappa shape index (κ1) is 14.1. The van der Waals surface area contributed by atoms with Crippen molar-refractivity contribution in [2.24, 2.45) is 0 Å². The molecule has 21 heavy (non-hydrogen) atoms. The fraction of sp³-hybridized carbons (Fsp3) is 0. The molecule has 0 radical (unpaired) electrons. The Morgan fingerprint density at radius 2 is 1.95 bits per heavy atom. The molecule has 0 atom stereocenters. The van der Waals surface area contributed by atoms with E-state index in [2.05, 4.69) is 21.1 Å². The molecule has 2 N–H and O–H groups in total. The van der Waals surface area contributed by atoms with Gasteiger partial charge in [-0.3, -0.25) is 0 Å². The lowest BCUT2D eigenvalue weighted by atomic mass is 10.0. The Hall–Kier alpha value is -1.85. The van der Waals surface area contributed by atoms with E-state index in [-0.39, 0.29) is 11.7 Å². The highest BCUT2D eigenvalue weighted by molar-refractivity contribution is 9.10. The second-order valence-corrected chi connectivity index (χ2v) is 5.67. The van der Waals surface area contributed by atoms with Crippen LogP contribution in [-0.2, 0) is 0 Å². The maximum Gasteiger partial charge on any atom is 0.230 e. The summed E-state index contributed by atoms with van der Waals surface area (Å²) in [5.41, 5.74) is 8.24. The normalized spacial score (nSPS) is 10.8. The monoisotopic (exact) mass is 366 g/mol.